The summed E-state index contributed by atoms with van der Waals surface area (Å²) in [7, 11) is -1.67. The molecule has 1 aromatic heterocycles. The van der Waals surface area contributed by atoms with Gasteiger partial charge < -0.3 is 24.5 Å². The summed E-state index contributed by atoms with van der Waals surface area (Å²) in [5.41, 5.74) is 2.34. The minimum absolute atomic E-state index is 0.175. The Bertz CT molecular complexity index is 1050. The van der Waals surface area contributed by atoms with Crippen molar-refractivity contribution in [1.29, 1.82) is 0 Å². The second-order valence-electron chi connectivity index (χ2n) is 7.69. The van der Waals surface area contributed by atoms with E-state index in [0.29, 0.717) is 13.0 Å². The Hall–Kier alpha value is -2.77. The van der Waals surface area contributed by atoms with Gasteiger partial charge in [-0.25, -0.2) is 0 Å². The molecule has 142 valence electrons. The van der Waals surface area contributed by atoms with E-state index in [-0.39, 0.29) is 23.7 Å². The van der Waals surface area contributed by atoms with Crippen LogP contribution in [-0.4, -0.2) is 35.6 Å². The summed E-state index contributed by atoms with van der Waals surface area (Å²) >= 11 is 0. The van der Waals surface area contributed by atoms with Crippen molar-refractivity contribution < 1.29 is 24.0 Å². The molecule has 28 heavy (non-hydrogen) atoms. The van der Waals surface area contributed by atoms with E-state index in [0.717, 1.165) is 27.8 Å². The van der Waals surface area contributed by atoms with Crippen LogP contribution in [-0.2, 0) is 16.6 Å². The third-order valence-corrected chi connectivity index (χ3v) is 5.99. The van der Waals surface area contributed by atoms with E-state index in [2.05, 4.69) is 5.32 Å². The highest BCUT2D eigenvalue weighted by molar-refractivity contribution is 6.43. The number of hydrogen-bond donors (Lipinski definition) is 3. The van der Waals surface area contributed by atoms with Crippen molar-refractivity contribution in [3.63, 3.8) is 0 Å². The van der Waals surface area contributed by atoms with Gasteiger partial charge in [-0.1, -0.05) is 36.4 Å². The van der Waals surface area contributed by atoms with E-state index in [1.165, 1.54) is 0 Å². The normalized spacial score (nSPS) is 23.3. The number of hydrogen-bond acceptors (Lipinski definition) is 5. The molecule has 6 nitrogen and oxygen atoms in total. The summed E-state index contributed by atoms with van der Waals surface area (Å²) in [6.45, 7) is 0.489. The second kappa shape index (κ2) is 6.39. The molecule has 0 bridgehead atoms. The molecule has 1 saturated carbocycles. The van der Waals surface area contributed by atoms with Crippen LogP contribution < -0.4 is 10.1 Å². The monoisotopic (exact) mass is 377 g/mol. The molecular weight excluding hydrogens is 357 g/mol. The Morgan fingerprint density at radius 3 is 2.86 bits per heavy atom. The summed E-state index contributed by atoms with van der Waals surface area (Å²) in [6, 6.07) is 15.3. The first-order chi connectivity index (χ1) is 13.6. The van der Waals surface area contributed by atoms with E-state index in [1.54, 1.807) is 6.26 Å². The lowest BCUT2D eigenvalue weighted by Gasteiger charge is -2.18. The zero-order valence-corrected chi connectivity index (χ0v) is 15.2. The lowest BCUT2D eigenvalue weighted by Crippen LogP contribution is -2.49. The quantitative estimate of drug-likeness (QED) is 0.590. The molecule has 0 saturated heterocycles. The summed E-state index contributed by atoms with van der Waals surface area (Å²) in [6.07, 6.45) is 2.58. The number of carbonyl (C=O) groups excluding carboxylic acids is 1. The number of carbonyl (C=O) groups is 1. The van der Waals surface area contributed by atoms with Crippen molar-refractivity contribution in [2.24, 2.45) is 5.92 Å². The largest absolute Gasteiger partial charge is 0.492 e. The molecule has 1 spiro atoms. The van der Waals surface area contributed by atoms with Crippen LogP contribution >= 0.6 is 0 Å². The van der Waals surface area contributed by atoms with Crippen molar-refractivity contribution in [2.75, 3.05) is 6.61 Å². The first-order valence-corrected chi connectivity index (χ1v) is 9.42. The van der Waals surface area contributed by atoms with Crippen molar-refractivity contribution in [1.82, 2.24) is 5.32 Å². The Balaban J connectivity index is 1.32. The van der Waals surface area contributed by atoms with Crippen molar-refractivity contribution >= 4 is 24.0 Å². The number of nitrogens with one attached hydrogen (secondary N) is 1. The van der Waals surface area contributed by atoms with Gasteiger partial charge in [-0.15, -0.1) is 0 Å². The summed E-state index contributed by atoms with van der Waals surface area (Å²) in [4.78, 5) is 12.9. The van der Waals surface area contributed by atoms with Crippen LogP contribution in [0.2, 0.25) is 0 Å². The number of fused-ring (bicyclic) bond motifs is 3. The Morgan fingerprint density at radius 1 is 1.21 bits per heavy atom. The Labute approximate surface area is 162 Å². The van der Waals surface area contributed by atoms with Gasteiger partial charge in [-0.05, 0) is 30.5 Å². The molecule has 1 fully saturated rings. The summed E-state index contributed by atoms with van der Waals surface area (Å²) < 4.78 is 11.3. The molecule has 3 N–H and O–H groups in total. The molecule has 7 heteroatoms. The number of para-hydroxylation sites is 2. The first kappa shape index (κ1) is 17.3. The van der Waals surface area contributed by atoms with Crippen LogP contribution in [0, 0.1) is 5.92 Å². The minimum atomic E-state index is -1.67. The fourth-order valence-corrected chi connectivity index (χ4v) is 4.34. The maximum Gasteiger partial charge on any atom is 0.475 e. The van der Waals surface area contributed by atoms with E-state index in [1.807, 2.05) is 48.5 Å². The van der Waals surface area contributed by atoms with Crippen LogP contribution in [0.3, 0.4) is 0 Å². The van der Waals surface area contributed by atoms with Gasteiger partial charge in [0.1, 0.15) is 11.3 Å². The minimum Gasteiger partial charge on any atom is -0.492 e. The maximum atomic E-state index is 12.9. The fourth-order valence-electron chi connectivity index (χ4n) is 4.34. The number of furan rings is 1. The van der Waals surface area contributed by atoms with Crippen LogP contribution in [0.5, 0.6) is 5.75 Å². The molecule has 2 heterocycles. The average Bonchev–Trinajstić information content (AvgIpc) is 3.13. The van der Waals surface area contributed by atoms with Gasteiger partial charge in [-0.3, -0.25) is 4.79 Å². The molecule has 1 aliphatic carbocycles. The molecule has 2 aliphatic rings. The summed E-state index contributed by atoms with van der Waals surface area (Å²) in [5.74, 6) is -0.380. The zero-order chi connectivity index (χ0) is 19.3. The molecule has 0 radical (unpaired) electrons. The van der Waals surface area contributed by atoms with Gasteiger partial charge in [0.2, 0.25) is 5.91 Å². The molecular formula is C21H20BNO5. The number of benzene rings is 2. The molecule has 5 rings (SSSR count). The third kappa shape index (κ3) is 2.70. The SMILES string of the molecule is O=C(N[C@@H](Cc1coc2ccccc12)B(O)O)C1CC12COc1ccccc12. The lowest BCUT2D eigenvalue weighted by molar-refractivity contribution is -0.123. The van der Waals surface area contributed by atoms with Gasteiger partial charge in [0.05, 0.1) is 24.7 Å². The van der Waals surface area contributed by atoms with Crippen LogP contribution in [0.25, 0.3) is 11.0 Å². The second-order valence-corrected chi connectivity index (χ2v) is 7.69. The molecule has 2 unspecified atom stereocenters. The predicted octanol–water partition coefficient (Wildman–Crippen LogP) is 1.82. The predicted molar refractivity (Wildman–Crippen MR) is 104 cm³/mol. The topological polar surface area (TPSA) is 91.9 Å². The summed E-state index contributed by atoms with van der Waals surface area (Å²) in [5, 5.41) is 23.4. The lowest BCUT2D eigenvalue weighted by atomic mass is 9.75. The van der Waals surface area contributed by atoms with Crippen molar-refractivity contribution in [3.8, 4) is 5.75 Å². The van der Waals surface area contributed by atoms with Gasteiger partial charge >= 0.3 is 7.12 Å². The van der Waals surface area contributed by atoms with Gasteiger partial charge in [0.15, 0.2) is 0 Å². The van der Waals surface area contributed by atoms with Crippen molar-refractivity contribution in [2.45, 2.75) is 24.2 Å². The zero-order valence-electron chi connectivity index (χ0n) is 15.2. The van der Waals surface area contributed by atoms with Gasteiger partial charge in [0, 0.05) is 16.4 Å². The highest BCUT2D eigenvalue weighted by Crippen LogP contribution is 2.60. The standard InChI is InChI=1S/C21H20BNO5/c24-20(16-10-21(16)12-28-18-8-4-2-6-15(18)21)23-19(22(25)26)9-13-11-27-17-7-3-1-5-14(13)17/h1-8,11,16,19,25-26H,9-10,12H2,(H,23,24)/t16?,19-,21?/m0/s1. The molecule has 3 aromatic rings. The fraction of sp³-hybridized carbons (Fsp3) is 0.286. The molecule has 1 aliphatic heterocycles. The Kier molecular flexibility index (Phi) is 3.96. The third-order valence-electron chi connectivity index (χ3n) is 5.99. The van der Waals surface area contributed by atoms with E-state index in [4.69, 9.17) is 9.15 Å². The van der Waals surface area contributed by atoms with Gasteiger partial charge in [-0.2, -0.15) is 0 Å². The van der Waals surface area contributed by atoms with Gasteiger partial charge in [0.25, 0.3) is 0 Å². The first-order valence-electron chi connectivity index (χ1n) is 9.42. The van der Waals surface area contributed by atoms with Crippen LogP contribution in [0.15, 0.2) is 59.2 Å². The smallest absolute Gasteiger partial charge is 0.475 e. The highest BCUT2D eigenvalue weighted by Gasteiger charge is 2.63. The van der Waals surface area contributed by atoms with Crippen LogP contribution in [0.4, 0.5) is 0 Å². The average molecular weight is 377 g/mol. The number of amides is 1. The van der Waals surface area contributed by atoms with E-state index in [9.17, 15) is 14.8 Å². The maximum absolute atomic E-state index is 12.9. The molecule has 2 aromatic carbocycles. The molecule has 3 atom stereocenters. The Morgan fingerprint density at radius 2 is 2.00 bits per heavy atom. The number of ether oxygens (including phenoxy) is 1. The number of rotatable bonds is 5. The van der Waals surface area contributed by atoms with E-state index >= 15 is 0 Å². The van der Waals surface area contributed by atoms with Crippen molar-refractivity contribution in [3.05, 3.63) is 65.9 Å². The van der Waals surface area contributed by atoms with E-state index < -0.39 is 13.1 Å². The highest BCUT2D eigenvalue weighted by atomic mass is 16.5. The molecule has 1 amide bonds. The van der Waals surface area contributed by atoms with Crippen LogP contribution in [0.1, 0.15) is 17.5 Å².